The van der Waals surface area contributed by atoms with E-state index in [0.717, 1.165) is 167 Å². The molecule has 0 fully saturated rings. The van der Waals surface area contributed by atoms with Crippen molar-refractivity contribution >= 4 is 39.5 Å². The third-order valence-corrected chi connectivity index (χ3v) is 17.7. The molecule has 0 saturated heterocycles. The molecule has 19 heteroatoms. The summed E-state index contributed by atoms with van der Waals surface area (Å²) in [6.45, 7) is 4.66. The molecule has 0 aromatic rings. The molecule has 556 valence electrons. The summed E-state index contributed by atoms with van der Waals surface area (Å²) in [5.74, 6) is -2.21. The first kappa shape index (κ1) is 92.2. The van der Waals surface area contributed by atoms with Gasteiger partial charge < -0.3 is 33.8 Å². The lowest BCUT2D eigenvalue weighted by Gasteiger charge is -2.21. The lowest BCUT2D eigenvalue weighted by molar-refractivity contribution is -0.161. The van der Waals surface area contributed by atoms with Gasteiger partial charge in [0.15, 0.2) is 12.2 Å². The highest BCUT2D eigenvalue weighted by Gasteiger charge is 2.30. The van der Waals surface area contributed by atoms with Crippen LogP contribution in [-0.4, -0.2) is 96.7 Å². The Labute approximate surface area is 583 Å². The smallest absolute Gasteiger partial charge is 0.462 e. The van der Waals surface area contributed by atoms with E-state index in [2.05, 4.69) is 113 Å². The van der Waals surface area contributed by atoms with Crippen molar-refractivity contribution in [3.05, 3.63) is 85.1 Å². The normalized spacial score (nSPS) is 14.4. The van der Waals surface area contributed by atoms with Crippen molar-refractivity contribution in [1.29, 1.82) is 0 Å². The summed E-state index contributed by atoms with van der Waals surface area (Å²) in [6.07, 6.45) is 70.0. The molecule has 0 heterocycles. The standard InChI is InChI=1S/C77H136O17P2/c1-5-9-13-17-21-25-29-32-34-35-37-39-43-46-50-54-58-62-75(80)88-68-73(94-77(82)64-60-56-52-48-44-40-36-33-30-26-22-18-14-10-6-2)70-92-96(85,86)90-66-71(78)65-89-95(83,84)91-69-72(93-76(81)63-59-55-51-47-41-28-24-20-16-12-8-4)67-87-74(79)61-57-53-49-45-42-38-31-27-23-19-15-11-7-3/h9,13,15,19,21,25,27,31-34,36-37,39,71-73,78H,5-8,10-12,14,16-18,20,22-24,26,28-30,35,38,40-70H2,1-4H3,(H,83,84)(H,85,86)/b13-9-,19-15-,25-21-,31-27-,34-32-,36-33-,39-37-. The second-order valence-electron chi connectivity index (χ2n) is 25.2. The molecule has 0 bridgehead atoms. The maximum absolute atomic E-state index is 13.1. The molecule has 3 N–H and O–H groups in total. The number of aliphatic hydroxyl groups excluding tert-OH is 1. The fraction of sp³-hybridized carbons (Fsp3) is 0.766. The Morgan fingerprint density at radius 3 is 0.885 bits per heavy atom. The lowest BCUT2D eigenvalue weighted by Crippen LogP contribution is -2.30. The molecule has 0 aliphatic carbocycles. The minimum Gasteiger partial charge on any atom is -0.462 e. The zero-order valence-electron chi connectivity index (χ0n) is 60.5. The lowest BCUT2D eigenvalue weighted by atomic mass is 10.1. The molecule has 0 spiro atoms. The highest BCUT2D eigenvalue weighted by atomic mass is 31.2. The van der Waals surface area contributed by atoms with Gasteiger partial charge in [0.25, 0.3) is 0 Å². The monoisotopic (exact) mass is 1390 g/mol. The van der Waals surface area contributed by atoms with E-state index in [1.54, 1.807) is 0 Å². The van der Waals surface area contributed by atoms with Crippen LogP contribution in [0.4, 0.5) is 0 Å². The van der Waals surface area contributed by atoms with Gasteiger partial charge in [-0.25, -0.2) is 9.13 Å². The summed E-state index contributed by atoms with van der Waals surface area (Å²) in [5, 5.41) is 10.6. The van der Waals surface area contributed by atoms with Crippen LogP contribution in [0.15, 0.2) is 85.1 Å². The Hall–Kier alpha value is -3.76. The summed E-state index contributed by atoms with van der Waals surface area (Å²) < 4.78 is 68.4. The topological polar surface area (TPSA) is 237 Å². The van der Waals surface area contributed by atoms with E-state index < -0.39 is 97.5 Å². The van der Waals surface area contributed by atoms with E-state index in [0.29, 0.717) is 25.7 Å². The predicted octanol–water partition coefficient (Wildman–Crippen LogP) is 21.4. The van der Waals surface area contributed by atoms with Gasteiger partial charge in [0.1, 0.15) is 19.3 Å². The molecule has 96 heavy (non-hydrogen) atoms. The van der Waals surface area contributed by atoms with Crippen molar-refractivity contribution in [2.24, 2.45) is 0 Å². The van der Waals surface area contributed by atoms with Crippen LogP contribution >= 0.6 is 15.6 Å². The van der Waals surface area contributed by atoms with Crippen LogP contribution in [0.2, 0.25) is 0 Å². The van der Waals surface area contributed by atoms with Crippen LogP contribution < -0.4 is 0 Å². The van der Waals surface area contributed by atoms with Gasteiger partial charge in [0.05, 0.1) is 26.4 Å². The number of ether oxygens (including phenoxy) is 4. The summed E-state index contributed by atoms with van der Waals surface area (Å²) in [5.41, 5.74) is 0. The first-order valence-corrected chi connectivity index (χ1v) is 40.8. The van der Waals surface area contributed by atoms with Crippen molar-refractivity contribution in [2.75, 3.05) is 39.6 Å². The molecule has 0 aromatic carbocycles. The van der Waals surface area contributed by atoms with Crippen molar-refractivity contribution in [3.8, 4) is 0 Å². The molecule has 0 aromatic heterocycles. The SMILES string of the molecule is CC/C=C\C/C=C\C/C=C\C/C=C\CCCCCCC(=O)OCC(COP(=O)(O)OCC(O)COP(=O)(O)OCC(COC(=O)CCCCCCC/C=C\C/C=C\CCC)OC(=O)CCCCCCCCCCCCC)OC(=O)CCCCCCC/C=C\CCCCCCCC. The number of carbonyl (C=O) groups is 4. The van der Waals surface area contributed by atoms with Gasteiger partial charge in [-0.05, 0) is 116 Å². The second-order valence-corrected chi connectivity index (χ2v) is 28.1. The molecule has 0 aliphatic rings. The zero-order chi connectivity index (χ0) is 70.4. The van der Waals surface area contributed by atoms with Gasteiger partial charge >= 0.3 is 39.5 Å². The number of aliphatic hydroxyl groups is 1. The summed E-state index contributed by atoms with van der Waals surface area (Å²) in [6, 6.07) is 0. The number of hydrogen-bond donors (Lipinski definition) is 3. The van der Waals surface area contributed by atoms with E-state index in [-0.39, 0.29) is 25.7 Å². The van der Waals surface area contributed by atoms with Gasteiger partial charge in [-0.15, -0.1) is 0 Å². The minimum absolute atomic E-state index is 0.0807. The maximum atomic E-state index is 13.1. The average Bonchev–Trinajstić information content (AvgIpc) is 2.18. The zero-order valence-corrected chi connectivity index (χ0v) is 62.3. The van der Waals surface area contributed by atoms with Crippen molar-refractivity contribution in [1.82, 2.24) is 0 Å². The van der Waals surface area contributed by atoms with Crippen LogP contribution in [0.5, 0.6) is 0 Å². The van der Waals surface area contributed by atoms with E-state index >= 15 is 0 Å². The quantitative estimate of drug-likeness (QED) is 0.0169. The largest absolute Gasteiger partial charge is 0.472 e. The van der Waals surface area contributed by atoms with E-state index in [9.17, 15) is 43.2 Å². The number of esters is 4. The molecule has 17 nitrogen and oxygen atoms in total. The van der Waals surface area contributed by atoms with Crippen LogP contribution in [0, 0.1) is 0 Å². The summed E-state index contributed by atoms with van der Waals surface area (Å²) >= 11 is 0. The number of phosphoric acid groups is 2. The van der Waals surface area contributed by atoms with Crippen LogP contribution in [0.25, 0.3) is 0 Å². The number of allylic oxidation sites excluding steroid dienone is 14. The molecule has 5 unspecified atom stereocenters. The molecule has 0 radical (unpaired) electrons. The predicted molar refractivity (Wildman–Crippen MR) is 390 cm³/mol. The minimum atomic E-state index is -4.98. The Balaban J connectivity index is 5.35. The Morgan fingerprint density at radius 2 is 0.562 bits per heavy atom. The fourth-order valence-corrected chi connectivity index (χ4v) is 11.6. The third kappa shape index (κ3) is 68.8. The van der Waals surface area contributed by atoms with Gasteiger partial charge in [-0.1, -0.05) is 267 Å². The highest BCUT2D eigenvalue weighted by Crippen LogP contribution is 2.45. The van der Waals surface area contributed by atoms with Gasteiger partial charge in [0, 0.05) is 25.7 Å². The van der Waals surface area contributed by atoms with Crippen LogP contribution in [-0.2, 0) is 65.4 Å². The van der Waals surface area contributed by atoms with Crippen molar-refractivity contribution in [3.63, 3.8) is 0 Å². The highest BCUT2D eigenvalue weighted by molar-refractivity contribution is 7.47. The second kappa shape index (κ2) is 69.7. The third-order valence-electron chi connectivity index (χ3n) is 15.8. The fourth-order valence-electron chi connectivity index (χ4n) is 10.1. The number of phosphoric ester groups is 2. The number of unbranched alkanes of at least 4 members (excludes halogenated alkanes) is 31. The molecule has 5 atom stereocenters. The first-order chi connectivity index (χ1) is 46.7. The Bertz CT molecular complexity index is 2160. The van der Waals surface area contributed by atoms with Gasteiger partial charge in [-0.3, -0.25) is 37.3 Å². The average molecular weight is 1400 g/mol. The Morgan fingerprint density at radius 1 is 0.302 bits per heavy atom. The molecule has 0 saturated carbocycles. The van der Waals surface area contributed by atoms with Gasteiger partial charge in [0.2, 0.25) is 0 Å². The molecule has 0 amide bonds. The number of carbonyl (C=O) groups excluding carboxylic acids is 4. The van der Waals surface area contributed by atoms with E-state index in [1.807, 2.05) is 0 Å². The first-order valence-electron chi connectivity index (χ1n) is 37.8. The van der Waals surface area contributed by atoms with Crippen LogP contribution in [0.3, 0.4) is 0 Å². The number of hydrogen-bond acceptors (Lipinski definition) is 15. The van der Waals surface area contributed by atoms with Crippen LogP contribution in [0.1, 0.15) is 323 Å². The van der Waals surface area contributed by atoms with E-state index in [4.69, 9.17) is 37.0 Å². The molecular weight excluding hydrogens is 1260 g/mol. The number of rotatable bonds is 71. The summed E-state index contributed by atoms with van der Waals surface area (Å²) in [4.78, 5) is 72.7. The molecule has 0 rings (SSSR count). The molecule has 0 aliphatic heterocycles. The summed E-state index contributed by atoms with van der Waals surface area (Å²) in [7, 11) is -9.95. The maximum Gasteiger partial charge on any atom is 0.472 e. The van der Waals surface area contributed by atoms with Crippen molar-refractivity contribution in [2.45, 2.75) is 341 Å². The Kier molecular flexibility index (Phi) is 67.0. The van der Waals surface area contributed by atoms with Crippen molar-refractivity contribution < 1.29 is 80.2 Å². The van der Waals surface area contributed by atoms with Gasteiger partial charge in [-0.2, -0.15) is 0 Å². The van der Waals surface area contributed by atoms with E-state index in [1.165, 1.54) is 77.0 Å². The molecular formula is C77H136O17P2.